The van der Waals surface area contributed by atoms with Crippen LogP contribution in [0.1, 0.15) is 33.3 Å². The van der Waals surface area contributed by atoms with E-state index in [1.165, 1.54) is 0 Å². The van der Waals surface area contributed by atoms with Gasteiger partial charge in [-0.1, -0.05) is 24.3 Å². The van der Waals surface area contributed by atoms with Crippen LogP contribution in [0.3, 0.4) is 0 Å². The number of benzene rings is 1. The molecule has 0 aliphatic heterocycles. The molecule has 6 N–H and O–H groups in total. The van der Waals surface area contributed by atoms with Crippen molar-refractivity contribution in [2.45, 2.75) is 45.4 Å². The highest BCUT2D eigenvalue weighted by Crippen LogP contribution is 2.19. The van der Waals surface area contributed by atoms with Gasteiger partial charge >= 0.3 is 7.12 Å². The number of aliphatic hydroxyl groups is 2. The van der Waals surface area contributed by atoms with Crippen molar-refractivity contribution in [3.05, 3.63) is 29.8 Å². The van der Waals surface area contributed by atoms with Crippen molar-refractivity contribution in [1.82, 2.24) is 0 Å². The Morgan fingerprint density at radius 3 is 1.53 bits per heavy atom. The van der Waals surface area contributed by atoms with Gasteiger partial charge in [0, 0.05) is 6.54 Å². The normalized spacial score (nSPS) is 11.6. The molecule has 1 aromatic carbocycles. The molecular weight excluding hydrogens is 245 g/mol. The van der Waals surface area contributed by atoms with Crippen molar-refractivity contribution in [1.29, 1.82) is 0 Å². The molecule has 6 heteroatoms. The van der Waals surface area contributed by atoms with E-state index in [1.54, 1.807) is 52.0 Å². The predicted molar refractivity (Wildman–Crippen MR) is 76.8 cm³/mol. The van der Waals surface area contributed by atoms with Crippen LogP contribution >= 0.6 is 0 Å². The van der Waals surface area contributed by atoms with Gasteiger partial charge in [-0.2, -0.15) is 0 Å². The van der Waals surface area contributed by atoms with Crippen molar-refractivity contribution in [3.63, 3.8) is 0 Å². The molecule has 0 atom stereocenters. The molecule has 5 nitrogen and oxygen atoms in total. The zero-order chi connectivity index (χ0) is 15.3. The van der Waals surface area contributed by atoms with Gasteiger partial charge in [0.05, 0.1) is 11.2 Å². The summed E-state index contributed by atoms with van der Waals surface area (Å²) in [6, 6.07) is 6.84. The first kappa shape index (κ1) is 18.1. The van der Waals surface area contributed by atoms with E-state index >= 15 is 0 Å². The van der Waals surface area contributed by atoms with Gasteiger partial charge in [-0.05, 0) is 38.7 Å². The Balaban J connectivity index is 0.000000362. The molecule has 0 spiro atoms. The van der Waals surface area contributed by atoms with Crippen LogP contribution in [0.4, 0.5) is 0 Å². The van der Waals surface area contributed by atoms with Crippen molar-refractivity contribution in [3.8, 4) is 0 Å². The Labute approximate surface area is 114 Å². The van der Waals surface area contributed by atoms with Gasteiger partial charge in [-0.15, -0.1) is 0 Å². The lowest BCUT2D eigenvalue weighted by Crippen LogP contribution is -2.44. The van der Waals surface area contributed by atoms with Crippen molar-refractivity contribution in [2.75, 3.05) is 0 Å². The summed E-state index contributed by atoms with van der Waals surface area (Å²) in [4.78, 5) is 0. The SMILES string of the molecule is CC(C)(O)C(C)(C)O.NCc1ccc(B(O)O)cc1. The van der Waals surface area contributed by atoms with E-state index in [0.29, 0.717) is 12.0 Å². The Hall–Kier alpha value is -0.915. The summed E-state index contributed by atoms with van der Waals surface area (Å²) in [7, 11) is -1.39. The minimum absolute atomic E-state index is 0.474. The first-order chi connectivity index (χ1) is 8.49. The Kier molecular flexibility index (Phi) is 6.69. The lowest BCUT2D eigenvalue weighted by atomic mass is 9.80. The molecule has 19 heavy (non-hydrogen) atoms. The first-order valence-corrected chi connectivity index (χ1v) is 6.09. The van der Waals surface area contributed by atoms with E-state index in [2.05, 4.69) is 0 Å². The summed E-state index contributed by atoms with van der Waals surface area (Å²) < 4.78 is 0. The minimum Gasteiger partial charge on any atom is -0.423 e. The zero-order valence-corrected chi connectivity index (χ0v) is 12.0. The maximum atomic E-state index is 9.10. The molecule has 0 fully saturated rings. The van der Waals surface area contributed by atoms with Gasteiger partial charge in [0.15, 0.2) is 0 Å². The molecule has 0 heterocycles. The monoisotopic (exact) mass is 269 g/mol. The summed E-state index contributed by atoms with van der Waals surface area (Å²) in [5.74, 6) is 0. The fourth-order valence-corrected chi connectivity index (χ4v) is 0.826. The number of rotatable bonds is 3. The van der Waals surface area contributed by atoms with Crippen LogP contribution in [0.25, 0.3) is 0 Å². The summed E-state index contributed by atoms with van der Waals surface area (Å²) in [5.41, 5.74) is 4.81. The fourth-order valence-electron chi connectivity index (χ4n) is 0.826. The Morgan fingerprint density at radius 2 is 1.32 bits per heavy atom. The highest BCUT2D eigenvalue weighted by atomic mass is 16.4. The Bertz CT molecular complexity index is 354. The van der Waals surface area contributed by atoms with E-state index in [9.17, 15) is 0 Å². The van der Waals surface area contributed by atoms with Crippen LogP contribution in [0.5, 0.6) is 0 Å². The van der Waals surface area contributed by atoms with Gasteiger partial charge in [0.25, 0.3) is 0 Å². The zero-order valence-electron chi connectivity index (χ0n) is 12.0. The van der Waals surface area contributed by atoms with E-state index in [0.717, 1.165) is 5.56 Å². The number of hydrogen-bond donors (Lipinski definition) is 5. The van der Waals surface area contributed by atoms with Gasteiger partial charge in [-0.25, -0.2) is 0 Å². The first-order valence-electron chi connectivity index (χ1n) is 6.09. The molecule has 108 valence electrons. The summed E-state index contributed by atoms with van der Waals surface area (Å²) >= 11 is 0. The molecule has 0 saturated heterocycles. The second kappa shape index (κ2) is 7.02. The molecule has 0 aliphatic rings. The number of hydrogen-bond acceptors (Lipinski definition) is 5. The smallest absolute Gasteiger partial charge is 0.423 e. The van der Waals surface area contributed by atoms with E-state index < -0.39 is 18.3 Å². The topological polar surface area (TPSA) is 107 Å². The molecule has 0 aromatic heterocycles. The molecule has 0 unspecified atom stereocenters. The highest BCUT2D eigenvalue weighted by molar-refractivity contribution is 6.58. The summed E-state index contributed by atoms with van der Waals surface area (Å²) in [6.45, 7) is 6.78. The highest BCUT2D eigenvalue weighted by Gasteiger charge is 2.31. The van der Waals surface area contributed by atoms with Crippen LogP contribution in [0.2, 0.25) is 0 Å². The van der Waals surface area contributed by atoms with Crippen LogP contribution in [0.15, 0.2) is 24.3 Å². The third-order valence-electron chi connectivity index (χ3n) is 3.01. The quantitative estimate of drug-likeness (QED) is 0.469. The van der Waals surface area contributed by atoms with E-state index in [1.807, 2.05) is 0 Å². The predicted octanol–water partition coefficient (Wildman–Crippen LogP) is -0.647. The van der Waals surface area contributed by atoms with Crippen LogP contribution in [-0.2, 0) is 6.54 Å². The van der Waals surface area contributed by atoms with Crippen LogP contribution in [0, 0.1) is 0 Å². The average molecular weight is 269 g/mol. The third-order valence-corrected chi connectivity index (χ3v) is 3.01. The van der Waals surface area contributed by atoms with Gasteiger partial charge < -0.3 is 26.0 Å². The van der Waals surface area contributed by atoms with Gasteiger partial charge in [0.1, 0.15) is 0 Å². The van der Waals surface area contributed by atoms with Crippen molar-refractivity contribution in [2.24, 2.45) is 5.73 Å². The molecule has 1 aromatic rings. The van der Waals surface area contributed by atoms with Crippen LogP contribution < -0.4 is 11.2 Å². The second-order valence-corrected chi connectivity index (χ2v) is 5.44. The van der Waals surface area contributed by atoms with Gasteiger partial charge in [-0.3, -0.25) is 0 Å². The third kappa shape index (κ3) is 6.70. The fraction of sp³-hybridized carbons (Fsp3) is 0.538. The number of nitrogens with two attached hydrogens (primary N) is 1. The molecule has 0 aliphatic carbocycles. The summed E-state index contributed by atoms with van der Waals surface area (Å²) in [5, 5.41) is 35.6. The molecule has 0 radical (unpaired) electrons. The molecule has 0 amide bonds. The average Bonchev–Trinajstić information content (AvgIpc) is 2.27. The maximum absolute atomic E-state index is 9.10. The Morgan fingerprint density at radius 1 is 0.947 bits per heavy atom. The van der Waals surface area contributed by atoms with Crippen molar-refractivity contribution < 1.29 is 20.3 Å². The van der Waals surface area contributed by atoms with E-state index in [4.69, 9.17) is 26.0 Å². The van der Waals surface area contributed by atoms with Gasteiger partial charge in [0.2, 0.25) is 0 Å². The molecule has 1 rings (SSSR count). The maximum Gasteiger partial charge on any atom is 0.488 e. The molecule has 0 saturated carbocycles. The molecular formula is C13H24BNO4. The van der Waals surface area contributed by atoms with E-state index in [-0.39, 0.29) is 0 Å². The lowest BCUT2D eigenvalue weighted by molar-refractivity contribution is -0.107. The summed E-state index contributed by atoms with van der Waals surface area (Å²) in [6.07, 6.45) is 0. The largest absolute Gasteiger partial charge is 0.488 e. The van der Waals surface area contributed by atoms with Crippen LogP contribution in [-0.4, -0.2) is 38.6 Å². The molecule has 0 bridgehead atoms. The standard InChI is InChI=1S/C7H10BNO2.C6H14O2/c9-5-6-1-3-7(4-2-6)8(10)11;1-5(2,7)6(3,4)8/h1-4,10-11H,5,9H2;7-8H,1-4H3. The lowest BCUT2D eigenvalue weighted by Gasteiger charge is -2.31. The van der Waals surface area contributed by atoms with Crippen molar-refractivity contribution >= 4 is 12.6 Å². The second-order valence-electron chi connectivity index (χ2n) is 5.44. The minimum atomic E-state index is -1.39.